The van der Waals surface area contributed by atoms with E-state index >= 15 is 0 Å². The monoisotopic (exact) mass is 565 g/mol. The standard InChI is InChI=1S/C22H33ClNO10PSi/c1-22(2,3)36(6,7)34-16-12-31-35(28,32-13-16)33-18-9-8-15(11-30-21(23)27)10-17(18)20(26)29-14-19(25)24(4)5/h8-10,16H,11-14H2,1-7H3. The van der Waals surface area contributed by atoms with E-state index in [2.05, 4.69) is 33.9 Å². The number of ether oxygens (including phenoxy) is 2. The summed E-state index contributed by atoms with van der Waals surface area (Å²) in [7, 11) is -3.19. The molecule has 0 saturated carbocycles. The lowest BCUT2D eigenvalue weighted by molar-refractivity contribution is -0.131. The first-order valence-electron chi connectivity index (χ1n) is 11.1. The minimum Gasteiger partial charge on any atom is -0.452 e. The van der Waals surface area contributed by atoms with Gasteiger partial charge in [0.05, 0.1) is 19.3 Å². The third-order valence-corrected chi connectivity index (χ3v) is 11.8. The van der Waals surface area contributed by atoms with Crippen molar-refractivity contribution in [3.63, 3.8) is 0 Å². The molecule has 1 aromatic carbocycles. The molecule has 1 aliphatic heterocycles. The zero-order chi connectivity index (χ0) is 27.3. The number of hydrogen-bond acceptors (Lipinski definition) is 10. The van der Waals surface area contributed by atoms with Crippen LogP contribution in [0.3, 0.4) is 0 Å². The molecule has 36 heavy (non-hydrogen) atoms. The summed E-state index contributed by atoms with van der Waals surface area (Å²) in [5.74, 6) is -1.54. The minimum atomic E-state index is -4.10. The number of carbonyl (C=O) groups excluding carboxylic acids is 3. The van der Waals surface area contributed by atoms with Crippen molar-refractivity contribution in [2.24, 2.45) is 0 Å². The molecule has 0 aromatic heterocycles. The molecule has 1 amide bonds. The van der Waals surface area contributed by atoms with Crippen LogP contribution >= 0.6 is 19.4 Å². The zero-order valence-electron chi connectivity index (χ0n) is 21.5. The number of hydrogen-bond donors (Lipinski definition) is 0. The Morgan fingerprint density at radius 2 is 1.75 bits per heavy atom. The molecule has 1 fully saturated rings. The van der Waals surface area contributed by atoms with Crippen LogP contribution in [0.1, 0.15) is 36.7 Å². The largest absolute Gasteiger partial charge is 0.530 e. The lowest BCUT2D eigenvalue weighted by atomic mass is 10.1. The second-order valence-electron chi connectivity index (χ2n) is 9.85. The van der Waals surface area contributed by atoms with Crippen LogP contribution in [0, 0.1) is 0 Å². The van der Waals surface area contributed by atoms with Crippen LogP contribution in [-0.2, 0) is 38.9 Å². The molecule has 202 valence electrons. The fourth-order valence-electron chi connectivity index (χ4n) is 2.65. The molecule has 0 atom stereocenters. The molecule has 0 radical (unpaired) electrons. The van der Waals surface area contributed by atoms with E-state index in [1.54, 1.807) is 0 Å². The van der Waals surface area contributed by atoms with Crippen LogP contribution in [-0.4, -0.2) is 70.5 Å². The van der Waals surface area contributed by atoms with E-state index in [9.17, 15) is 18.9 Å². The molecule has 0 bridgehead atoms. The topological polar surface area (TPSA) is 127 Å². The molecule has 2 rings (SSSR count). The number of amides is 1. The summed E-state index contributed by atoms with van der Waals surface area (Å²) >= 11 is 5.20. The number of rotatable bonds is 9. The summed E-state index contributed by atoms with van der Waals surface area (Å²) in [6, 6.07) is 4.10. The first-order valence-corrected chi connectivity index (χ1v) is 15.9. The second-order valence-corrected chi connectivity index (χ2v) is 16.5. The van der Waals surface area contributed by atoms with Gasteiger partial charge in [-0.15, -0.1) is 0 Å². The Balaban J connectivity index is 2.17. The summed E-state index contributed by atoms with van der Waals surface area (Å²) in [6.07, 6.45) is -0.425. The predicted molar refractivity (Wildman–Crippen MR) is 134 cm³/mol. The Hall–Kier alpha value is -1.95. The van der Waals surface area contributed by atoms with E-state index in [1.165, 1.54) is 37.2 Å². The van der Waals surface area contributed by atoms with E-state index in [-0.39, 0.29) is 36.2 Å². The Kier molecular flexibility index (Phi) is 10.1. The molecule has 0 aliphatic carbocycles. The van der Waals surface area contributed by atoms with Crippen molar-refractivity contribution in [3.8, 4) is 5.75 Å². The Bertz CT molecular complexity index is 1010. The Labute approximate surface area is 217 Å². The molecular formula is C22H33ClNO10PSi. The Morgan fingerprint density at radius 3 is 2.28 bits per heavy atom. The van der Waals surface area contributed by atoms with Gasteiger partial charge in [-0.05, 0) is 35.8 Å². The highest BCUT2D eigenvalue weighted by Gasteiger charge is 2.43. The summed E-state index contributed by atoms with van der Waals surface area (Å²) in [5, 5.41) is -0.0343. The van der Waals surface area contributed by atoms with Crippen LogP contribution in [0.2, 0.25) is 18.1 Å². The number of likely N-dealkylation sites (N-methyl/N-ethyl adjacent to an activating group) is 1. The molecule has 1 aromatic rings. The van der Waals surface area contributed by atoms with Gasteiger partial charge in [0.1, 0.15) is 17.9 Å². The van der Waals surface area contributed by atoms with Gasteiger partial charge in [0.15, 0.2) is 14.9 Å². The number of phosphoric acid groups is 1. The molecule has 0 N–H and O–H groups in total. The van der Waals surface area contributed by atoms with Crippen molar-refractivity contribution >= 4 is 45.0 Å². The highest BCUT2D eigenvalue weighted by molar-refractivity contribution is 7.49. The zero-order valence-corrected chi connectivity index (χ0v) is 24.1. The number of esters is 1. The van der Waals surface area contributed by atoms with Crippen LogP contribution in [0.5, 0.6) is 5.75 Å². The maximum absolute atomic E-state index is 13.1. The van der Waals surface area contributed by atoms with Gasteiger partial charge in [-0.2, -0.15) is 0 Å². The summed E-state index contributed by atoms with van der Waals surface area (Å²) < 4.78 is 45.5. The molecule has 14 heteroatoms. The normalized spacial score (nSPS) is 20.4. The average Bonchev–Trinajstić information content (AvgIpc) is 2.77. The lowest BCUT2D eigenvalue weighted by Crippen LogP contribution is -2.47. The molecule has 11 nitrogen and oxygen atoms in total. The van der Waals surface area contributed by atoms with Crippen molar-refractivity contribution in [1.29, 1.82) is 0 Å². The number of carbonyl (C=O) groups is 3. The van der Waals surface area contributed by atoms with Gasteiger partial charge in [-0.3, -0.25) is 13.8 Å². The SMILES string of the molecule is CN(C)C(=O)COC(=O)c1cc(COC(=O)Cl)ccc1OP1(=O)OCC(O[Si](C)(C)C(C)(C)C)CO1. The van der Waals surface area contributed by atoms with Gasteiger partial charge in [0.2, 0.25) is 0 Å². The smallest absolute Gasteiger partial charge is 0.452 e. The average molecular weight is 566 g/mol. The fraction of sp³-hybridized carbons (Fsp3) is 0.591. The fourth-order valence-corrected chi connectivity index (χ4v) is 5.30. The van der Waals surface area contributed by atoms with Gasteiger partial charge in [0, 0.05) is 25.7 Å². The maximum Gasteiger partial charge on any atom is 0.530 e. The Morgan fingerprint density at radius 1 is 1.14 bits per heavy atom. The number of benzene rings is 1. The number of halogens is 1. The van der Waals surface area contributed by atoms with Crippen LogP contribution in [0.25, 0.3) is 0 Å². The molecular weight excluding hydrogens is 533 g/mol. The minimum absolute atomic E-state index is 0.0232. The molecule has 0 unspecified atom stereocenters. The van der Waals surface area contributed by atoms with Gasteiger partial charge in [-0.25, -0.2) is 14.2 Å². The number of phosphoric ester groups is 1. The molecule has 1 saturated heterocycles. The first-order chi connectivity index (χ1) is 16.5. The molecule has 1 heterocycles. The summed E-state index contributed by atoms with van der Waals surface area (Å²) in [4.78, 5) is 36.7. The van der Waals surface area contributed by atoms with Crippen LogP contribution in [0.4, 0.5) is 4.79 Å². The molecule has 1 aliphatic rings. The van der Waals surface area contributed by atoms with Crippen molar-refractivity contribution in [2.75, 3.05) is 33.9 Å². The van der Waals surface area contributed by atoms with Crippen molar-refractivity contribution in [1.82, 2.24) is 4.90 Å². The van der Waals surface area contributed by atoms with E-state index < -0.39 is 46.2 Å². The quantitative estimate of drug-likeness (QED) is 0.179. The highest BCUT2D eigenvalue weighted by Crippen LogP contribution is 2.53. The first kappa shape index (κ1) is 30.3. The van der Waals surface area contributed by atoms with Gasteiger partial charge < -0.3 is 23.3 Å². The maximum atomic E-state index is 13.1. The predicted octanol–water partition coefficient (Wildman–Crippen LogP) is 4.73. The lowest BCUT2D eigenvalue weighted by Gasteiger charge is -2.40. The van der Waals surface area contributed by atoms with Crippen LogP contribution in [0.15, 0.2) is 18.2 Å². The van der Waals surface area contributed by atoms with E-state index in [0.29, 0.717) is 5.56 Å². The van der Waals surface area contributed by atoms with E-state index in [0.717, 1.165) is 0 Å². The summed E-state index contributed by atoms with van der Waals surface area (Å²) in [5.41, 5.74) is -0.834. The van der Waals surface area contributed by atoms with Crippen molar-refractivity contribution in [3.05, 3.63) is 29.3 Å². The second kappa shape index (κ2) is 12.1. The van der Waals surface area contributed by atoms with E-state index in [1.807, 2.05) is 0 Å². The van der Waals surface area contributed by atoms with E-state index in [4.69, 9.17) is 39.1 Å². The van der Waals surface area contributed by atoms with Gasteiger partial charge in [-0.1, -0.05) is 26.8 Å². The van der Waals surface area contributed by atoms with Gasteiger partial charge >= 0.3 is 19.2 Å². The highest BCUT2D eigenvalue weighted by atomic mass is 35.5. The van der Waals surface area contributed by atoms with Crippen molar-refractivity contribution < 1.29 is 46.4 Å². The molecule has 0 spiro atoms. The summed E-state index contributed by atoms with van der Waals surface area (Å²) in [6.45, 7) is 9.65. The van der Waals surface area contributed by atoms with Crippen LogP contribution < -0.4 is 4.52 Å². The third-order valence-electron chi connectivity index (χ3n) is 5.76. The van der Waals surface area contributed by atoms with Gasteiger partial charge in [0.25, 0.3) is 5.91 Å². The third kappa shape index (κ3) is 8.57. The van der Waals surface area contributed by atoms with Crippen molar-refractivity contribution in [2.45, 2.75) is 51.6 Å². The number of nitrogens with zero attached hydrogens (tertiary/aromatic N) is 1.